The molecular formula is C21H32N4O. The molecule has 2 atom stereocenters. The molecule has 3 heterocycles. The van der Waals surface area contributed by atoms with Crippen LogP contribution in [0.5, 0.6) is 0 Å². The lowest BCUT2D eigenvalue weighted by Crippen LogP contribution is -2.40. The molecule has 2 aliphatic carbocycles. The minimum absolute atomic E-state index is 0.222. The molecule has 1 spiro atoms. The summed E-state index contributed by atoms with van der Waals surface area (Å²) in [5.41, 5.74) is 0.915. The normalized spacial score (nSPS) is 32.5. The number of carbonyl (C=O) groups excluding carboxylic acids is 1. The van der Waals surface area contributed by atoms with Crippen molar-refractivity contribution in [2.45, 2.75) is 57.9 Å². The molecule has 26 heavy (non-hydrogen) atoms. The number of carbonyl (C=O) groups is 1. The summed E-state index contributed by atoms with van der Waals surface area (Å²) in [7, 11) is 0. The summed E-state index contributed by atoms with van der Waals surface area (Å²) < 4.78 is 2.19. The summed E-state index contributed by atoms with van der Waals surface area (Å²) in [5.74, 6) is 2.33. The van der Waals surface area contributed by atoms with Crippen molar-refractivity contribution in [1.29, 1.82) is 0 Å². The number of aromatic nitrogens is 2. The molecule has 142 valence electrons. The Morgan fingerprint density at radius 3 is 2.58 bits per heavy atom. The third-order valence-electron chi connectivity index (χ3n) is 7.12. The van der Waals surface area contributed by atoms with Crippen molar-refractivity contribution in [3.05, 3.63) is 18.2 Å². The van der Waals surface area contributed by atoms with Crippen molar-refractivity contribution in [2.75, 3.05) is 32.7 Å². The first-order chi connectivity index (χ1) is 12.5. The van der Waals surface area contributed by atoms with E-state index in [1.165, 1.54) is 32.2 Å². The molecule has 0 unspecified atom stereocenters. The first-order valence-electron chi connectivity index (χ1n) is 10.6. The number of likely N-dealkylation sites (tertiary alicyclic amines) is 2. The topological polar surface area (TPSA) is 41.4 Å². The van der Waals surface area contributed by atoms with Gasteiger partial charge in [0.05, 0.1) is 17.4 Å². The average Bonchev–Trinajstić information content (AvgIpc) is 3.49. The number of rotatable bonds is 6. The van der Waals surface area contributed by atoms with E-state index in [1.54, 1.807) is 0 Å². The molecular weight excluding hydrogens is 324 g/mol. The van der Waals surface area contributed by atoms with Gasteiger partial charge in [-0.15, -0.1) is 0 Å². The molecule has 2 aliphatic heterocycles. The SMILES string of the molecule is CC(C)n1cnc([C@H]2CN(CC3CC3)C[C@]23CCN(CC2CC2)C3=O)c1. The third-order valence-corrected chi connectivity index (χ3v) is 7.12. The maximum Gasteiger partial charge on any atom is 0.230 e. The molecule has 5 heteroatoms. The van der Waals surface area contributed by atoms with E-state index < -0.39 is 0 Å². The summed E-state index contributed by atoms with van der Waals surface area (Å²) in [6.07, 6.45) is 10.5. The number of amides is 1. The Morgan fingerprint density at radius 1 is 1.19 bits per heavy atom. The van der Waals surface area contributed by atoms with E-state index >= 15 is 0 Å². The Kier molecular flexibility index (Phi) is 3.93. The summed E-state index contributed by atoms with van der Waals surface area (Å²) >= 11 is 0. The van der Waals surface area contributed by atoms with E-state index in [9.17, 15) is 4.79 Å². The van der Waals surface area contributed by atoms with Crippen molar-refractivity contribution in [2.24, 2.45) is 17.3 Å². The number of hydrogen-bond donors (Lipinski definition) is 0. The number of nitrogens with zero attached hydrogens (tertiary/aromatic N) is 4. The van der Waals surface area contributed by atoms with Gasteiger partial charge in [-0.05, 0) is 57.8 Å². The molecule has 5 nitrogen and oxygen atoms in total. The van der Waals surface area contributed by atoms with Gasteiger partial charge >= 0.3 is 0 Å². The summed E-state index contributed by atoms with van der Waals surface area (Å²) in [6.45, 7) is 9.46. The van der Waals surface area contributed by atoms with Crippen molar-refractivity contribution >= 4 is 5.91 Å². The van der Waals surface area contributed by atoms with E-state index in [1.807, 2.05) is 6.33 Å². The average molecular weight is 357 g/mol. The van der Waals surface area contributed by atoms with E-state index in [-0.39, 0.29) is 11.3 Å². The largest absolute Gasteiger partial charge is 0.342 e. The molecule has 5 rings (SSSR count). The zero-order valence-electron chi connectivity index (χ0n) is 16.2. The van der Waals surface area contributed by atoms with Gasteiger partial charge in [-0.1, -0.05) is 0 Å². The summed E-state index contributed by atoms with van der Waals surface area (Å²) in [6, 6.07) is 0.418. The molecule has 1 aromatic rings. The highest BCUT2D eigenvalue weighted by molar-refractivity contribution is 5.86. The van der Waals surface area contributed by atoms with Gasteiger partial charge in [0.25, 0.3) is 0 Å². The zero-order chi connectivity index (χ0) is 17.9. The van der Waals surface area contributed by atoms with Crippen LogP contribution in [0, 0.1) is 17.3 Å². The predicted molar refractivity (Wildman–Crippen MR) is 101 cm³/mol. The van der Waals surface area contributed by atoms with Crippen LogP contribution in [-0.2, 0) is 4.79 Å². The van der Waals surface area contributed by atoms with Crippen LogP contribution < -0.4 is 0 Å². The standard InChI is InChI=1S/C21H32N4O/c1-15(2)25-12-19(22-14-25)18-11-23(9-16-3-4-16)13-21(18)7-8-24(20(21)26)10-17-5-6-17/h12,14-18H,3-11,13H2,1-2H3/t18-,21-/m1/s1. The fourth-order valence-corrected chi connectivity index (χ4v) is 5.12. The van der Waals surface area contributed by atoms with Crippen LogP contribution in [0.3, 0.4) is 0 Å². The van der Waals surface area contributed by atoms with Crippen LogP contribution in [-0.4, -0.2) is 58.0 Å². The van der Waals surface area contributed by atoms with Gasteiger partial charge in [-0.25, -0.2) is 4.98 Å². The fraction of sp³-hybridized carbons (Fsp3) is 0.810. The van der Waals surface area contributed by atoms with Gasteiger partial charge in [-0.2, -0.15) is 0 Å². The van der Waals surface area contributed by atoms with Gasteiger partial charge in [0.15, 0.2) is 0 Å². The Labute approximate surface area is 156 Å². The second-order valence-electron chi connectivity index (χ2n) is 9.63. The first-order valence-corrected chi connectivity index (χ1v) is 10.6. The molecule has 0 N–H and O–H groups in total. The predicted octanol–water partition coefficient (Wildman–Crippen LogP) is 2.90. The molecule has 4 fully saturated rings. The van der Waals surface area contributed by atoms with Crippen molar-refractivity contribution in [3.8, 4) is 0 Å². The maximum atomic E-state index is 13.5. The van der Waals surface area contributed by atoms with E-state index in [0.717, 1.165) is 50.1 Å². The highest BCUT2D eigenvalue weighted by Gasteiger charge is 2.58. The Bertz CT molecular complexity index is 690. The van der Waals surface area contributed by atoms with E-state index in [4.69, 9.17) is 4.98 Å². The molecule has 0 aromatic carbocycles. The van der Waals surface area contributed by atoms with Gasteiger partial charge in [0, 0.05) is 50.9 Å². The lowest BCUT2D eigenvalue weighted by atomic mass is 9.75. The van der Waals surface area contributed by atoms with Crippen LogP contribution >= 0.6 is 0 Å². The minimum atomic E-state index is -0.222. The van der Waals surface area contributed by atoms with Crippen LogP contribution in [0.1, 0.15) is 63.6 Å². The molecule has 0 bridgehead atoms. The van der Waals surface area contributed by atoms with Crippen LogP contribution in [0.4, 0.5) is 0 Å². The molecule has 4 aliphatic rings. The van der Waals surface area contributed by atoms with Gasteiger partial charge in [0.1, 0.15) is 0 Å². The lowest BCUT2D eigenvalue weighted by molar-refractivity contribution is -0.136. The van der Waals surface area contributed by atoms with Crippen molar-refractivity contribution in [3.63, 3.8) is 0 Å². The quantitative estimate of drug-likeness (QED) is 0.787. The van der Waals surface area contributed by atoms with Crippen molar-refractivity contribution in [1.82, 2.24) is 19.4 Å². The molecule has 2 saturated heterocycles. The van der Waals surface area contributed by atoms with Gasteiger partial charge in [-0.3, -0.25) is 4.79 Å². The molecule has 1 amide bonds. The second kappa shape index (κ2) is 6.08. The highest BCUT2D eigenvalue weighted by atomic mass is 16.2. The Balaban J connectivity index is 1.42. The lowest BCUT2D eigenvalue weighted by Gasteiger charge is -2.28. The Hall–Kier alpha value is -1.36. The first kappa shape index (κ1) is 16.8. The second-order valence-corrected chi connectivity index (χ2v) is 9.63. The smallest absolute Gasteiger partial charge is 0.230 e. The van der Waals surface area contributed by atoms with Crippen LogP contribution in [0.15, 0.2) is 12.5 Å². The van der Waals surface area contributed by atoms with E-state index in [0.29, 0.717) is 11.9 Å². The minimum Gasteiger partial charge on any atom is -0.342 e. The zero-order valence-corrected chi connectivity index (χ0v) is 16.2. The fourth-order valence-electron chi connectivity index (χ4n) is 5.12. The maximum absolute atomic E-state index is 13.5. The van der Waals surface area contributed by atoms with Gasteiger partial charge < -0.3 is 14.4 Å². The molecule has 1 aromatic heterocycles. The third kappa shape index (κ3) is 2.88. The Morgan fingerprint density at radius 2 is 1.92 bits per heavy atom. The summed E-state index contributed by atoms with van der Waals surface area (Å²) in [5, 5.41) is 0. The van der Waals surface area contributed by atoms with Gasteiger partial charge in [0.2, 0.25) is 5.91 Å². The van der Waals surface area contributed by atoms with E-state index in [2.05, 4.69) is 34.4 Å². The van der Waals surface area contributed by atoms with Crippen LogP contribution in [0.25, 0.3) is 0 Å². The van der Waals surface area contributed by atoms with Crippen molar-refractivity contribution < 1.29 is 4.79 Å². The number of hydrogen-bond acceptors (Lipinski definition) is 3. The van der Waals surface area contributed by atoms with Crippen LogP contribution in [0.2, 0.25) is 0 Å². The number of imidazole rings is 1. The molecule has 2 saturated carbocycles. The molecule has 0 radical (unpaired) electrons. The monoisotopic (exact) mass is 356 g/mol. The summed E-state index contributed by atoms with van der Waals surface area (Å²) in [4.78, 5) is 23.1. The highest BCUT2D eigenvalue weighted by Crippen LogP contribution is 2.51.